The van der Waals surface area contributed by atoms with Crippen LogP contribution in [0.5, 0.6) is 5.75 Å². The predicted octanol–water partition coefficient (Wildman–Crippen LogP) is 4.42. The number of ether oxygens (including phenoxy) is 1. The second-order valence-corrected chi connectivity index (χ2v) is 9.14. The third-order valence-electron chi connectivity index (χ3n) is 6.51. The van der Waals surface area contributed by atoms with Gasteiger partial charge in [0.25, 0.3) is 0 Å². The van der Waals surface area contributed by atoms with Gasteiger partial charge < -0.3 is 25.6 Å². The average molecular weight is 492 g/mol. The Morgan fingerprint density at radius 2 is 2.00 bits per heavy atom. The third-order valence-corrected chi connectivity index (χ3v) is 6.76. The van der Waals surface area contributed by atoms with Crippen molar-refractivity contribution >= 4 is 40.6 Å². The van der Waals surface area contributed by atoms with E-state index in [2.05, 4.69) is 31.9 Å². The second kappa shape index (κ2) is 9.84. The maximum absolute atomic E-state index is 12.8. The van der Waals surface area contributed by atoms with Crippen molar-refractivity contribution in [2.24, 2.45) is 0 Å². The van der Waals surface area contributed by atoms with E-state index in [1.807, 2.05) is 24.3 Å². The first-order valence-corrected chi connectivity index (χ1v) is 11.9. The Morgan fingerprint density at radius 3 is 2.74 bits per heavy atom. The van der Waals surface area contributed by atoms with Gasteiger partial charge in [0.15, 0.2) is 0 Å². The zero-order chi connectivity index (χ0) is 24.4. The van der Waals surface area contributed by atoms with Crippen LogP contribution in [0.15, 0.2) is 60.8 Å². The molecule has 0 aliphatic carbocycles. The van der Waals surface area contributed by atoms with Gasteiger partial charge >= 0.3 is 6.03 Å². The minimum absolute atomic E-state index is 0.0104. The van der Waals surface area contributed by atoms with Gasteiger partial charge in [-0.3, -0.25) is 9.78 Å². The summed E-state index contributed by atoms with van der Waals surface area (Å²) in [6.45, 7) is 1.39. The number of amides is 3. The molecule has 0 unspecified atom stereocenters. The van der Waals surface area contributed by atoms with Crippen LogP contribution in [0.2, 0.25) is 5.02 Å². The van der Waals surface area contributed by atoms with Crippen LogP contribution in [0.25, 0.3) is 0 Å². The number of urea groups is 1. The number of fused-ring (bicyclic) bond motifs is 1. The van der Waals surface area contributed by atoms with Crippen LogP contribution >= 0.6 is 11.6 Å². The Balaban J connectivity index is 1.37. The Labute approximate surface area is 208 Å². The maximum atomic E-state index is 12.8. The van der Waals surface area contributed by atoms with E-state index >= 15 is 0 Å². The largest absolute Gasteiger partial charge is 0.495 e. The van der Waals surface area contributed by atoms with Crippen molar-refractivity contribution in [3.63, 3.8) is 0 Å². The molecule has 2 atom stereocenters. The fourth-order valence-electron chi connectivity index (χ4n) is 4.77. The molecule has 0 saturated carbocycles. The quantitative estimate of drug-likeness (QED) is 0.491. The van der Waals surface area contributed by atoms with Crippen molar-refractivity contribution in [2.45, 2.75) is 24.8 Å². The smallest absolute Gasteiger partial charge is 0.319 e. The number of carbonyl (C=O) groups excluding carboxylic acids is 2. The van der Waals surface area contributed by atoms with Gasteiger partial charge in [-0.2, -0.15) is 0 Å². The van der Waals surface area contributed by atoms with Gasteiger partial charge in [-0.1, -0.05) is 17.7 Å². The zero-order valence-corrected chi connectivity index (χ0v) is 20.0. The molecule has 5 rings (SSSR count). The van der Waals surface area contributed by atoms with Crippen molar-refractivity contribution in [1.82, 2.24) is 10.3 Å². The lowest BCUT2D eigenvalue weighted by Crippen LogP contribution is -2.51. The first-order valence-electron chi connectivity index (χ1n) is 11.5. The fourth-order valence-corrected chi connectivity index (χ4v) is 4.90. The van der Waals surface area contributed by atoms with Gasteiger partial charge in [-0.15, -0.1) is 0 Å². The normalized spacial score (nSPS) is 19.0. The lowest BCUT2D eigenvalue weighted by atomic mass is 9.88. The van der Waals surface area contributed by atoms with Gasteiger partial charge in [0.05, 0.1) is 19.7 Å². The Morgan fingerprint density at radius 1 is 1.17 bits per heavy atom. The topological polar surface area (TPSA) is 95.6 Å². The number of nitrogens with one attached hydrogen (secondary N) is 3. The molecule has 2 aliphatic heterocycles. The summed E-state index contributed by atoms with van der Waals surface area (Å²) in [6, 6.07) is 16.4. The summed E-state index contributed by atoms with van der Waals surface area (Å²) in [4.78, 5) is 31.8. The summed E-state index contributed by atoms with van der Waals surface area (Å²) in [6.07, 6.45) is 2.79. The number of piperidine rings is 1. The molecule has 0 spiro atoms. The molecule has 3 heterocycles. The number of rotatable bonds is 5. The number of halogens is 1. The highest BCUT2D eigenvalue weighted by atomic mass is 35.5. The van der Waals surface area contributed by atoms with Crippen LogP contribution < -0.4 is 25.6 Å². The number of hydrogen-bond acceptors (Lipinski definition) is 5. The Bertz CT molecular complexity index is 1230. The Hall–Kier alpha value is -3.78. The van der Waals surface area contributed by atoms with E-state index in [4.69, 9.17) is 16.3 Å². The lowest BCUT2D eigenvalue weighted by molar-refractivity contribution is -0.115. The standard InChI is InChI=1S/C26H26ClN5O3/c1-35-18-9-10-21(28-14-18)20-15-32(24-4-2-3-22-19(24)13-25(33)30-22)12-11-23(20)31-26(34)29-17-7-5-16(27)6-8-17/h2-10,14,20,23H,11-13,15H2,1H3,(H,30,33)(H2,29,31,34)/t20-,23+/m0/s1. The summed E-state index contributed by atoms with van der Waals surface area (Å²) in [7, 11) is 1.61. The zero-order valence-electron chi connectivity index (χ0n) is 19.3. The fraction of sp³-hybridized carbons (Fsp3) is 0.269. The van der Waals surface area contributed by atoms with Crippen LogP contribution in [-0.4, -0.2) is 43.2 Å². The van der Waals surface area contributed by atoms with Crippen molar-refractivity contribution in [3.05, 3.63) is 77.1 Å². The predicted molar refractivity (Wildman–Crippen MR) is 137 cm³/mol. The molecule has 1 fully saturated rings. The molecule has 0 bridgehead atoms. The van der Waals surface area contributed by atoms with Gasteiger partial charge in [0, 0.05) is 58.4 Å². The molecule has 2 aliphatic rings. The van der Waals surface area contributed by atoms with E-state index in [0.29, 0.717) is 29.4 Å². The molecule has 0 radical (unpaired) electrons. The second-order valence-electron chi connectivity index (χ2n) is 8.70. The molecule has 1 aromatic heterocycles. The molecule has 3 amide bonds. The minimum atomic E-state index is -0.278. The first kappa shape index (κ1) is 23.0. The number of hydrogen-bond donors (Lipinski definition) is 3. The van der Waals surface area contributed by atoms with Crippen LogP contribution in [0.3, 0.4) is 0 Å². The molecule has 1 saturated heterocycles. The van der Waals surface area contributed by atoms with Crippen molar-refractivity contribution in [2.75, 3.05) is 35.7 Å². The molecular weight excluding hydrogens is 466 g/mol. The third kappa shape index (κ3) is 5.02. The number of aromatic nitrogens is 1. The average Bonchev–Trinajstić information content (AvgIpc) is 3.26. The van der Waals surface area contributed by atoms with Crippen LogP contribution in [0.4, 0.5) is 21.9 Å². The lowest BCUT2D eigenvalue weighted by Gasteiger charge is -2.40. The van der Waals surface area contributed by atoms with Crippen molar-refractivity contribution in [1.29, 1.82) is 0 Å². The van der Waals surface area contributed by atoms with Crippen molar-refractivity contribution < 1.29 is 14.3 Å². The van der Waals surface area contributed by atoms with Gasteiger partial charge in [0.2, 0.25) is 5.91 Å². The number of pyridine rings is 1. The van der Waals surface area contributed by atoms with E-state index < -0.39 is 0 Å². The SMILES string of the molecule is COc1ccc([C@@H]2CN(c3cccc4c3CC(=O)N4)CC[C@H]2NC(=O)Nc2ccc(Cl)cc2)nc1. The molecular formula is C26H26ClN5O3. The highest BCUT2D eigenvalue weighted by Crippen LogP contribution is 2.36. The number of carbonyl (C=O) groups is 2. The molecule has 180 valence electrons. The molecule has 9 heteroatoms. The Kier molecular flexibility index (Phi) is 6.46. The number of methoxy groups -OCH3 is 1. The first-order chi connectivity index (χ1) is 17.0. The number of nitrogens with zero attached hydrogens (tertiary/aromatic N) is 2. The van der Waals surface area contributed by atoms with E-state index in [0.717, 1.165) is 35.6 Å². The van der Waals surface area contributed by atoms with Crippen molar-refractivity contribution in [3.8, 4) is 5.75 Å². The summed E-state index contributed by atoms with van der Waals surface area (Å²) in [5, 5.41) is 9.56. The molecule has 3 aromatic rings. The highest BCUT2D eigenvalue weighted by molar-refractivity contribution is 6.30. The summed E-state index contributed by atoms with van der Waals surface area (Å²) in [5.74, 6) is 0.625. The van der Waals surface area contributed by atoms with Crippen LogP contribution in [0.1, 0.15) is 23.6 Å². The molecule has 8 nitrogen and oxygen atoms in total. The molecule has 3 N–H and O–H groups in total. The van der Waals surface area contributed by atoms with E-state index in [9.17, 15) is 9.59 Å². The van der Waals surface area contributed by atoms with Gasteiger partial charge in [-0.25, -0.2) is 4.79 Å². The van der Waals surface area contributed by atoms with Crippen LogP contribution in [-0.2, 0) is 11.2 Å². The molecule has 2 aromatic carbocycles. The maximum Gasteiger partial charge on any atom is 0.319 e. The van der Waals surface area contributed by atoms with E-state index in [1.165, 1.54) is 0 Å². The van der Waals surface area contributed by atoms with E-state index in [1.54, 1.807) is 37.6 Å². The van der Waals surface area contributed by atoms with Gasteiger partial charge in [-0.05, 0) is 55.0 Å². The highest BCUT2D eigenvalue weighted by Gasteiger charge is 2.34. The minimum Gasteiger partial charge on any atom is -0.495 e. The molecule has 35 heavy (non-hydrogen) atoms. The number of benzene rings is 2. The summed E-state index contributed by atoms with van der Waals surface area (Å²) >= 11 is 5.95. The summed E-state index contributed by atoms with van der Waals surface area (Å²) < 4.78 is 5.27. The van der Waals surface area contributed by atoms with Gasteiger partial charge in [0.1, 0.15) is 5.75 Å². The summed E-state index contributed by atoms with van der Waals surface area (Å²) in [5.41, 5.74) is 4.47. The number of anilines is 3. The monoisotopic (exact) mass is 491 g/mol. The van der Waals surface area contributed by atoms with E-state index in [-0.39, 0.29) is 23.9 Å². The van der Waals surface area contributed by atoms with Crippen LogP contribution in [0, 0.1) is 0 Å².